The van der Waals surface area contributed by atoms with Crippen LogP contribution < -0.4 is 5.32 Å². The molecule has 0 atom stereocenters. The lowest BCUT2D eigenvalue weighted by Gasteiger charge is -2.04. The maximum absolute atomic E-state index is 12.3. The molecular weight excluding hydrogens is 184 g/mol. The van der Waals surface area contributed by atoms with Crippen molar-refractivity contribution in [1.82, 2.24) is 5.32 Å². The molecule has 76 valence electrons. The lowest BCUT2D eigenvalue weighted by Crippen LogP contribution is -2.12. The molecule has 1 aromatic rings. The van der Waals surface area contributed by atoms with E-state index in [1.165, 1.54) is 12.1 Å². The minimum atomic E-state index is -2.39. The molecule has 1 rings (SSSR count). The second kappa shape index (κ2) is 5.50. The molecule has 3 heteroatoms. The van der Waals surface area contributed by atoms with Crippen LogP contribution in [0.4, 0.5) is 8.78 Å². The van der Waals surface area contributed by atoms with Gasteiger partial charge < -0.3 is 5.32 Å². The van der Waals surface area contributed by atoms with E-state index in [1.54, 1.807) is 12.1 Å². The van der Waals surface area contributed by atoms with Gasteiger partial charge in [-0.1, -0.05) is 24.3 Å². The van der Waals surface area contributed by atoms with Crippen molar-refractivity contribution in [2.75, 3.05) is 6.54 Å². The molecule has 0 saturated carbocycles. The first-order valence-electron chi connectivity index (χ1n) is 4.42. The second-order valence-corrected chi connectivity index (χ2v) is 2.97. The Balaban J connectivity index is 2.59. The monoisotopic (exact) mass is 197 g/mol. The standard InChI is InChI=1S/C11H13F2N/c1-2-6-14-8-9-4-3-5-10(7-9)11(12)13/h2-5,7,11,14H,1,6,8H2. The van der Waals surface area contributed by atoms with Crippen LogP contribution >= 0.6 is 0 Å². The molecule has 0 aliphatic carbocycles. The van der Waals surface area contributed by atoms with E-state index in [-0.39, 0.29) is 5.56 Å². The molecule has 0 aliphatic rings. The van der Waals surface area contributed by atoms with E-state index >= 15 is 0 Å². The van der Waals surface area contributed by atoms with Crippen LogP contribution in [0, 0.1) is 0 Å². The number of hydrogen-bond donors (Lipinski definition) is 1. The van der Waals surface area contributed by atoms with Gasteiger partial charge in [0.2, 0.25) is 0 Å². The Morgan fingerprint density at radius 2 is 2.21 bits per heavy atom. The van der Waals surface area contributed by atoms with E-state index in [0.717, 1.165) is 5.56 Å². The molecule has 1 aromatic carbocycles. The molecule has 0 aliphatic heterocycles. The maximum atomic E-state index is 12.3. The first-order valence-corrected chi connectivity index (χ1v) is 4.42. The molecule has 0 fully saturated rings. The van der Waals surface area contributed by atoms with Crippen LogP contribution in [0.3, 0.4) is 0 Å². The summed E-state index contributed by atoms with van der Waals surface area (Å²) >= 11 is 0. The van der Waals surface area contributed by atoms with Gasteiger partial charge in [-0.15, -0.1) is 6.58 Å². The third-order valence-electron chi connectivity index (χ3n) is 1.82. The van der Waals surface area contributed by atoms with Gasteiger partial charge in [-0.2, -0.15) is 0 Å². The largest absolute Gasteiger partial charge is 0.309 e. The van der Waals surface area contributed by atoms with E-state index in [9.17, 15) is 8.78 Å². The van der Waals surface area contributed by atoms with Gasteiger partial charge in [-0.3, -0.25) is 0 Å². The Labute approximate surface area is 82.4 Å². The predicted molar refractivity (Wildman–Crippen MR) is 53.3 cm³/mol. The topological polar surface area (TPSA) is 12.0 Å². The highest BCUT2D eigenvalue weighted by Crippen LogP contribution is 2.19. The van der Waals surface area contributed by atoms with E-state index in [1.807, 2.05) is 6.07 Å². The predicted octanol–water partition coefficient (Wildman–Crippen LogP) is 2.90. The molecular formula is C11H13F2N. The van der Waals surface area contributed by atoms with Gasteiger partial charge in [0.25, 0.3) is 6.43 Å². The van der Waals surface area contributed by atoms with Gasteiger partial charge in [-0.25, -0.2) is 8.78 Å². The minimum absolute atomic E-state index is 0.0721. The molecule has 0 aromatic heterocycles. The van der Waals surface area contributed by atoms with Gasteiger partial charge >= 0.3 is 0 Å². The van der Waals surface area contributed by atoms with Crippen LogP contribution in [-0.4, -0.2) is 6.54 Å². The summed E-state index contributed by atoms with van der Waals surface area (Å²) in [6.45, 7) is 4.82. The molecule has 0 radical (unpaired) electrons. The summed E-state index contributed by atoms with van der Waals surface area (Å²) in [5.41, 5.74) is 0.938. The maximum Gasteiger partial charge on any atom is 0.263 e. The first kappa shape index (κ1) is 10.9. The zero-order chi connectivity index (χ0) is 10.4. The van der Waals surface area contributed by atoms with Crippen LogP contribution in [0.2, 0.25) is 0 Å². The van der Waals surface area contributed by atoms with E-state index in [0.29, 0.717) is 13.1 Å². The third kappa shape index (κ3) is 3.26. The van der Waals surface area contributed by atoms with Crippen LogP contribution in [0.25, 0.3) is 0 Å². The second-order valence-electron chi connectivity index (χ2n) is 2.97. The summed E-state index contributed by atoms with van der Waals surface area (Å²) in [6.07, 6.45) is -0.661. The number of benzene rings is 1. The van der Waals surface area contributed by atoms with Gasteiger partial charge in [-0.05, 0) is 11.6 Å². The number of hydrogen-bond acceptors (Lipinski definition) is 1. The van der Waals surface area contributed by atoms with Gasteiger partial charge in [0, 0.05) is 18.7 Å². The lowest BCUT2D eigenvalue weighted by atomic mass is 10.1. The van der Waals surface area contributed by atoms with Crippen molar-refractivity contribution in [3.8, 4) is 0 Å². The summed E-state index contributed by atoms with van der Waals surface area (Å²) in [5, 5.41) is 3.05. The summed E-state index contributed by atoms with van der Waals surface area (Å²) in [7, 11) is 0. The Morgan fingerprint density at radius 1 is 1.43 bits per heavy atom. The fourth-order valence-corrected chi connectivity index (χ4v) is 1.16. The molecule has 0 heterocycles. The summed E-state index contributed by atoms with van der Waals surface area (Å²) < 4.78 is 24.6. The number of alkyl halides is 2. The Morgan fingerprint density at radius 3 is 2.86 bits per heavy atom. The van der Waals surface area contributed by atoms with Gasteiger partial charge in [0.05, 0.1) is 0 Å². The highest BCUT2D eigenvalue weighted by Gasteiger charge is 2.06. The molecule has 1 nitrogen and oxygen atoms in total. The van der Waals surface area contributed by atoms with Crippen LogP contribution in [0.15, 0.2) is 36.9 Å². The van der Waals surface area contributed by atoms with Gasteiger partial charge in [0.15, 0.2) is 0 Å². The van der Waals surface area contributed by atoms with Crippen LogP contribution in [0.1, 0.15) is 17.6 Å². The SMILES string of the molecule is C=CCNCc1cccc(C(F)F)c1. The smallest absolute Gasteiger partial charge is 0.263 e. The summed E-state index contributed by atoms with van der Waals surface area (Å²) in [6, 6.07) is 6.41. The summed E-state index contributed by atoms with van der Waals surface area (Å²) in [4.78, 5) is 0. The Hall–Kier alpha value is -1.22. The molecule has 0 saturated heterocycles. The average molecular weight is 197 g/mol. The summed E-state index contributed by atoms with van der Waals surface area (Å²) in [5.74, 6) is 0. The Bertz CT molecular complexity index is 297. The van der Waals surface area contributed by atoms with Crippen LogP contribution in [0.5, 0.6) is 0 Å². The van der Waals surface area contributed by atoms with E-state index < -0.39 is 6.43 Å². The van der Waals surface area contributed by atoms with Crippen molar-refractivity contribution in [3.63, 3.8) is 0 Å². The first-order chi connectivity index (χ1) is 6.74. The average Bonchev–Trinajstić information content (AvgIpc) is 2.19. The minimum Gasteiger partial charge on any atom is -0.309 e. The molecule has 0 amide bonds. The zero-order valence-electron chi connectivity index (χ0n) is 7.84. The van der Waals surface area contributed by atoms with Crippen molar-refractivity contribution < 1.29 is 8.78 Å². The van der Waals surface area contributed by atoms with Crippen LogP contribution in [-0.2, 0) is 6.54 Å². The fourth-order valence-electron chi connectivity index (χ4n) is 1.16. The highest BCUT2D eigenvalue weighted by atomic mass is 19.3. The third-order valence-corrected chi connectivity index (χ3v) is 1.82. The molecule has 1 N–H and O–H groups in total. The lowest BCUT2D eigenvalue weighted by molar-refractivity contribution is 0.151. The van der Waals surface area contributed by atoms with Crippen molar-refractivity contribution in [1.29, 1.82) is 0 Å². The van der Waals surface area contributed by atoms with Crippen molar-refractivity contribution >= 4 is 0 Å². The molecule has 0 unspecified atom stereocenters. The van der Waals surface area contributed by atoms with Crippen molar-refractivity contribution in [2.45, 2.75) is 13.0 Å². The zero-order valence-corrected chi connectivity index (χ0v) is 7.84. The quantitative estimate of drug-likeness (QED) is 0.565. The number of nitrogens with one attached hydrogen (secondary N) is 1. The molecule has 14 heavy (non-hydrogen) atoms. The molecule has 0 spiro atoms. The van der Waals surface area contributed by atoms with E-state index in [2.05, 4.69) is 11.9 Å². The number of halogens is 2. The van der Waals surface area contributed by atoms with Crippen molar-refractivity contribution in [2.24, 2.45) is 0 Å². The fraction of sp³-hybridized carbons (Fsp3) is 0.273. The Kier molecular flexibility index (Phi) is 4.26. The normalized spacial score (nSPS) is 10.5. The van der Waals surface area contributed by atoms with E-state index in [4.69, 9.17) is 0 Å². The molecule has 0 bridgehead atoms. The highest BCUT2D eigenvalue weighted by molar-refractivity contribution is 5.24. The van der Waals surface area contributed by atoms with Gasteiger partial charge in [0.1, 0.15) is 0 Å². The number of rotatable bonds is 5. The van der Waals surface area contributed by atoms with Crippen molar-refractivity contribution in [3.05, 3.63) is 48.0 Å².